The van der Waals surface area contributed by atoms with Crippen molar-refractivity contribution in [3.63, 3.8) is 0 Å². The van der Waals surface area contributed by atoms with Gasteiger partial charge in [0.1, 0.15) is 11.5 Å². The van der Waals surface area contributed by atoms with Gasteiger partial charge in [0, 0.05) is 6.04 Å². The topological polar surface area (TPSA) is 107 Å². The van der Waals surface area contributed by atoms with E-state index in [4.69, 9.17) is 5.11 Å². The maximum atomic E-state index is 12.1. The Hall–Kier alpha value is -2.05. The van der Waals surface area contributed by atoms with Gasteiger partial charge in [-0.15, -0.1) is 0 Å². The van der Waals surface area contributed by atoms with Gasteiger partial charge in [0.05, 0.1) is 11.7 Å². The van der Waals surface area contributed by atoms with Crippen LogP contribution in [0.3, 0.4) is 0 Å². The van der Waals surface area contributed by atoms with Gasteiger partial charge in [-0.25, -0.2) is 14.6 Å². The fourth-order valence-electron chi connectivity index (χ4n) is 2.75. The molecule has 21 heavy (non-hydrogen) atoms. The zero-order chi connectivity index (χ0) is 15.3. The molecule has 0 aromatic carbocycles. The highest BCUT2D eigenvalue weighted by atomic mass is 16.4. The molecule has 0 spiro atoms. The summed E-state index contributed by atoms with van der Waals surface area (Å²) in [5.41, 5.74) is -0.343. The molecule has 1 unspecified atom stereocenters. The molecule has 2 aliphatic rings. The third-order valence-corrected chi connectivity index (χ3v) is 4.64. The number of rotatable bonds is 4. The van der Waals surface area contributed by atoms with Crippen molar-refractivity contribution in [1.82, 2.24) is 20.6 Å². The number of H-pyrrole nitrogens is 1. The molecule has 2 amide bonds. The Kier molecular flexibility index (Phi) is 2.96. The van der Waals surface area contributed by atoms with Crippen molar-refractivity contribution in [1.29, 1.82) is 0 Å². The van der Waals surface area contributed by atoms with Crippen LogP contribution in [-0.2, 0) is 5.54 Å². The molecule has 4 N–H and O–H groups in total. The van der Waals surface area contributed by atoms with Crippen molar-refractivity contribution >= 4 is 12.0 Å². The van der Waals surface area contributed by atoms with E-state index in [1.54, 1.807) is 0 Å². The van der Waals surface area contributed by atoms with E-state index in [9.17, 15) is 9.59 Å². The maximum absolute atomic E-state index is 12.1. The van der Waals surface area contributed by atoms with Gasteiger partial charge < -0.3 is 20.7 Å². The average Bonchev–Trinajstić information content (AvgIpc) is 2.79. The van der Waals surface area contributed by atoms with Crippen LogP contribution >= 0.6 is 0 Å². The van der Waals surface area contributed by atoms with Crippen molar-refractivity contribution in [3.05, 3.63) is 17.7 Å². The third kappa shape index (κ3) is 2.48. The van der Waals surface area contributed by atoms with Gasteiger partial charge in [0.15, 0.2) is 0 Å². The third-order valence-electron chi connectivity index (χ3n) is 4.64. The van der Waals surface area contributed by atoms with Gasteiger partial charge in [-0.3, -0.25) is 0 Å². The number of aromatic nitrogens is 2. The van der Waals surface area contributed by atoms with Gasteiger partial charge in [-0.1, -0.05) is 13.8 Å². The van der Waals surface area contributed by atoms with Gasteiger partial charge in [0.2, 0.25) is 0 Å². The lowest BCUT2D eigenvalue weighted by Gasteiger charge is -2.40. The summed E-state index contributed by atoms with van der Waals surface area (Å²) in [7, 11) is 0. The Morgan fingerprint density at radius 3 is 2.52 bits per heavy atom. The summed E-state index contributed by atoms with van der Waals surface area (Å²) in [4.78, 5) is 30.0. The van der Waals surface area contributed by atoms with Gasteiger partial charge in [-0.05, 0) is 31.1 Å². The van der Waals surface area contributed by atoms with Crippen LogP contribution in [0.2, 0.25) is 0 Å². The summed E-state index contributed by atoms with van der Waals surface area (Å²) in [6.07, 6.45) is 4.79. The molecule has 3 rings (SSSR count). The number of urea groups is 1. The minimum atomic E-state index is -1.05. The summed E-state index contributed by atoms with van der Waals surface area (Å²) in [5.74, 6) is -0.524. The predicted molar refractivity (Wildman–Crippen MR) is 74.9 cm³/mol. The molecular formula is C14H20N4O3. The number of imidazole rings is 1. The number of nitrogens with zero attached hydrogens (tertiary/aromatic N) is 1. The summed E-state index contributed by atoms with van der Waals surface area (Å²) in [5, 5.41) is 14.9. The highest BCUT2D eigenvalue weighted by molar-refractivity contribution is 5.85. The SMILES string of the molecule is CC1(C)CC1NC(=O)NC1(c2ncc(C(=O)O)[nH]2)CCC1. The Morgan fingerprint density at radius 1 is 1.43 bits per heavy atom. The van der Waals surface area contributed by atoms with Crippen LogP contribution in [0.4, 0.5) is 4.79 Å². The molecule has 2 aliphatic carbocycles. The lowest BCUT2D eigenvalue weighted by atomic mass is 9.76. The first kappa shape index (κ1) is 13.9. The molecule has 0 radical (unpaired) electrons. The van der Waals surface area contributed by atoms with E-state index >= 15 is 0 Å². The monoisotopic (exact) mass is 292 g/mol. The number of aromatic amines is 1. The standard InChI is InChI=1S/C14H20N4O3/c1-13(2)6-9(13)17-12(21)18-14(4-3-5-14)11-15-7-8(16-11)10(19)20/h7,9H,3-6H2,1-2H3,(H,15,16)(H,19,20)(H2,17,18,21). The summed E-state index contributed by atoms with van der Waals surface area (Å²) >= 11 is 0. The van der Waals surface area contributed by atoms with Crippen LogP contribution in [0.25, 0.3) is 0 Å². The number of hydrogen-bond donors (Lipinski definition) is 4. The van der Waals surface area contributed by atoms with E-state index in [-0.39, 0.29) is 23.2 Å². The van der Waals surface area contributed by atoms with Gasteiger partial charge in [-0.2, -0.15) is 0 Å². The molecular weight excluding hydrogens is 272 g/mol. The minimum absolute atomic E-state index is 0.0433. The van der Waals surface area contributed by atoms with E-state index in [2.05, 4.69) is 34.4 Å². The molecule has 0 aliphatic heterocycles. The molecule has 1 aromatic heterocycles. The Bertz CT molecular complexity index is 589. The molecule has 7 heteroatoms. The lowest BCUT2D eigenvalue weighted by Crippen LogP contribution is -2.55. The molecule has 7 nitrogen and oxygen atoms in total. The zero-order valence-corrected chi connectivity index (χ0v) is 12.2. The maximum Gasteiger partial charge on any atom is 0.353 e. The van der Waals surface area contributed by atoms with E-state index in [0.29, 0.717) is 5.82 Å². The van der Waals surface area contributed by atoms with Crippen molar-refractivity contribution in [2.75, 3.05) is 0 Å². The summed E-state index contributed by atoms with van der Waals surface area (Å²) in [6, 6.07) is -0.000594. The number of amides is 2. The highest BCUT2D eigenvalue weighted by Crippen LogP contribution is 2.45. The molecule has 0 saturated heterocycles. The van der Waals surface area contributed by atoms with Crippen molar-refractivity contribution in [2.24, 2.45) is 5.41 Å². The van der Waals surface area contributed by atoms with Crippen LogP contribution in [0.1, 0.15) is 55.8 Å². The van der Waals surface area contributed by atoms with Crippen LogP contribution in [0.5, 0.6) is 0 Å². The molecule has 0 bridgehead atoms. The van der Waals surface area contributed by atoms with Crippen LogP contribution < -0.4 is 10.6 Å². The molecule has 2 fully saturated rings. The van der Waals surface area contributed by atoms with E-state index < -0.39 is 11.5 Å². The van der Waals surface area contributed by atoms with E-state index in [0.717, 1.165) is 25.7 Å². The largest absolute Gasteiger partial charge is 0.477 e. The number of carboxylic acid groups (broad SMARTS) is 1. The molecule has 114 valence electrons. The summed E-state index contributed by atoms with van der Waals surface area (Å²) in [6.45, 7) is 4.23. The number of hydrogen-bond acceptors (Lipinski definition) is 3. The fourth-order valence-corrected chi connectivity index (χ4v) is 2.75. The number of aromatic carboxylic acids is 1. The first-order valence-electron chi connectivity index (χ1n) is 7.20. The fraction of sp³-hybridized carbons (Fsp3) is 0.643. The van der Waals surface area contributed by atoms with Gasteiger partial charge in [0.25, 0.3) is 0 Å². The lowest BCUT2D eigenvalue weighted by molar-refractivity contribution is 0.0690. The first-order valence-corrected chi connectivity index (χ1v) is 7.20. The minimum Gasteiger partial charge on any atom is -0.477 e. The van der Waals surface area contributed by atoms with E-state index in [1.807, 2.05) is 0 Å². The van der Waals surface area contributed by atoms with Crippen molar-refractivity contribution in [2.45, 2.75) is 51.1 Å². The van der Waals surface area contributed by atoms with Gasteiger partial charge >= 0.3 is 12.0 Å². The second-order valence-corrected chi connectivity index (χ2v) is 6.73. The zero-order valence-electron chi connectivity index (χ0n) is 12.2. The van der Waals surface area contributed by atoms with Crippen LogP contribution in [0, 0.1) is 5.41 Å². The van der Waals surface area contributed by atoms with Crippen molar-refractivity contribution < 1.29 is 14.7 Å². The van der Waals surface area contributed by atoms with Crippen LogP contribution in [-0.4, -0.2) is 33.1 Å². The highest BCUT2D eigenvalue weighted by Gasteiger charge is 2.48. The molecule has 1 atom stereocenters. The Labute approximate surface area is 122 Å². The van der Waals surface area contributed by atoms with Crippen molar-refractivity contribution in [3.8, 4) is 0 Å². The average molecular weight is 292 g/mol. The number of nitrogens with one attached hydrogen (secondary N) is 3. The number of carbonyl (C=O) groups is 2. The predicted octanol–water partition coefficient (Wildman–Crippen LogP) is 1.58. The Morgan fingerprint density at radius 2 is 2.10 bits per heavy atom. The second-order valence-electron chi connectivity index (χ2n) is 6.73. The summed E-state index contributed by atoms with van der Waals surface area (Å²) < 4.78 is 0. The second kappa shape index (κ2) is 4.47. The smallest absolute Gasteiger partial charge is 0.353 e. The Balaban J connectivity index is 1.68. The number of carbonyl (C=O) groups excluding carboxylic acids is 1. The first-order chi connectivity index (χ1) is 9.82. The van der Waals surface area contributed by atoms with E-state index in [1.165, 1.54) is 6.20 Å². The molecule has 2 saturated carbocycles. The van der Waals surface area contributed by atoms with Crippen LogP contribution in [0.15, 0.2) is 6.20 Å². The molecule has 1 heterocycles. The molecule has 1 aromatic rings. The normalized spacial score (nSPS) is 24.8. The quantitative estimate of drug-likeness (QED) is 0.676. The number of carboxylic acids is 1.